The molecule has 0 saturated carbocycles. The number of nitrogens with one attached hydrogen (secondary N) is 5. The van der Waals surface area contributed by atoms with Crippen LogP contribution in [0.25, 0.3) is 0 Å². The highest BCUT2D eigenvalue weighted by atomic mass is 35.5. The number of hydrogen-bond acceptors (Lipinski definition) is 17. The summed E-state index contributed by atoms with van der Waals surface area (Å²) in [6, 6.07) is 21.5. The predicted octanol–water partition coefficient (Wildman–Crippen LogP) is 7.07. The van der Waals surface area contributed by atoms with E-state index in [1.54, 1.807) is 30.3 Å². The van der Waals surface area contributed by atoms with E-state index in [0.29, 0.717) is 36.3 Å². The number of halogens is 5. The molecule has 72 heavy (non-hydrogen) atoms. The van der Waals surface area contributed by atoms with Gasteiger partial charge in [0.25, 0.3) is 40.3 Å². The normalized spacial score (nSPS) is 16.0. The molecule has 0 spiro atoms. The molecule has 23 nitrogen and oxygen atoms in total. The van der Waals surface area contributed by atoms with Crippen LogP contribution in [-0.4, -0.2) is 82.9 Å². The molecular formula is C44H39Cl3F2N12O11. The number of amides is 3. The highest BCUT2D eigenvalue weighted by Gasteiger charge is 2.48. The van der Waals surface area contributed by atoms with E-state index in [4.69, 9.17) is 43.5 Å². The number of aromatic nitrogens is 4. The minimum atomic E-state index is -2.02. The molecule has 0 aliphatic carbocycles. The molecule has 2 aliphatic heterocycles. The fraction of sp³-hybridized carbons (Fsp3) is 0.182. The first-order valence-corrected chi connectivity index (χ1v) is 21.3. The largest absolute Gasteiger partial charge is 0.478 e. The highest BCUT2D eigenvalue weighted by Crippen LogP contribution is 2.38. The van der Waals surface area contributed by atoms with Gasteiger partial charge in [0.15, 0.2) is 23.3 Å². The monoisotopic (exact) mass is 1050 g/mol. The van der Waals surface area contributed by atoms with Crippen molar-refractivity contribution in [2.75, 3.05) is 34.4 Å². The number of carbonyl (C=O) groups is 4. The fourth-order valence-electron chi connectivity index (χ4n) is 6.34. The van der Waals surface area contributed by atoms with Gasteiger partial charge in [-0.25, -0.2) is 23.5 Å². The van der Waals surface area contributed by atoms with Crippen LogP contribution in [0.15, 0.2) is 97.3 Å². The lowest BCUT2D eigenvalue weighted by atomic mass is 10.0. The second-order valence-electron chi connectivity index (χ2n) is 15.2. The zero-order chi connectivity index (χ0) is 51.6. The van der Waals surface area contributed by atoms with Gasteiger partial charge >= 0.3 is 5.97 Å². The Morgan fingerprint density at radius 1 is 0.736 bits per heavy atom. The molecule has 0 fully saturated rings. The Balaban J connectivity index is 0.000000224. The average Bonchev–Trinajstić information content (AvgIpc) is 3.33. The van der Waals surface area contributed by atoms with Crippen molar-refractivity contribution in [3.63, 3.8) is 0 Å². The first kappa shape index (κ1) is 54.5. The molecule has 4 heterocycles. The number of nitro groups is 2. The Morgan fingerprint density at radius 3 is 1.62 bits per heavy atom. The molecule has 28 heteroatoms. The lowest BCUT2D eigenvalue weighted by Crippen LogP contribution is -2.58. The summed E-state index contributed by atoms with van der Waals surface area (Å²) in [5, 5.41) is 43.2. The van der Waals surface area contributed by atoms with Gasteiger partial charge in [-0.05, 0) is 104 Å². The van der Waals surface area contributed by atoms with Gasteiger partial charge < -0.3 is 46.9 Å². The lowest BCUT2D eigenvalue weighted by Gasteiger charge is -2.33. The summed E-state index contributed by atoms with van der Waals surface area (Å²) in [7, 11) is 0. The number of non-ortho nitro benzene ring substituents is 2. The third-order valence-corrected chi connectivity index (χ3v) is 10.5. The highest BCUT2D eigenvalue weighted by molar-refractivity contribution is 6.28. The second-order valence-corrected chi connectivity index (χ2v) is 15.9. The number of carboxylic acid groups (broad SMARTS) is 1. The van der Waals surface area contributed by atoms with Crippen LogP contribution in [0, 0.1) is 31.9 Å². The van der Waals surface area contributed by atoms with Gasteiger partial charge in [0, 0.05) is 42.2 Å². The van der Waals surface area contributed by atoms with E-state index in [1.165, 1.54) is 55.5 Å². The van der Waals surface area contributed by atoms with Crippen LogP contribution < -0.4 is 41.8 Å². The fourth-order valence-corrected chi connectivity index (χ4v) is 6.61. The number of nitro benzene ring substituents is 2. The molecular weight excluding hydrogens is 1020 g/mol. The first-order valence-electron chi connectivity index (χ1n) is 20.6. The SMILES string of the molecule is CC1(C(=O)NCCc2cccc([N+](=O)[O-])c2)Oc2ccc(Nc3nc(Cl)ncc3F)cc2NC1=O.CC1(C(=O)O)Oc2ccc(Nc3nc(Cl)ncc3F)cc2NC1=O.Cl.NCCc1cccc([N+](=O)[O-])c1. The summed E-state index contributed by atoms with van der Waals surface area (Å²) >= 11 is 11.3. The van der Waals surface area contributed by atoms with Crippen LogP contribution in [0.4, 0.5) is 54.5 Å². The van der Waals surface area contributed by atoms with Gasteiger partial charge in [-0.3, -0.25) is 34.6 Å². The summed E-state index contributed by atoms with van der Waals surface area (Å²) in [6.07, 6.45) is 2.84. The summed E-state index contributed by atoms with van der Waals surface area (Å²) in [5.74, 6) is -4.94. The molecule has 376 valence electrons. The second kappa shape index (κ2) is 23.5. The van der Waals surface area contributed by atoms with E-state index >= 15 is 0 Å². The number of benzene rings is 4. The maximum absolute atomic E-state index is 13.9. The minimum absolute atomic E-state index is 0. The Morgan fingerprint density at radius 2 is 1.18 bits per heavy atom. The van der Waals surface area contributed by atoms with Crippen molar-refractivity contribution in [3.05, 3.63) is 151 Å². The Kier molecular flexibility index (Phi) is 17.8. The number of carbonyl (C=O) groups excluding carboxylic acids is 3. The average molecular weight is 1060 g/mol. The molecule has 8 N–H and O–H groups in total. The van der Waals surface area contributed by atoms with E-state index in [-0.39, 0.29) is 75.4 Å². The zero-order valence-electron chi connectivity index (χ0n) is 37.3. The molecule has 2 unspecified atom stereocenters. The number of ether oxygens (including phenoxy) is 2. The summed E-state index contributed by atoms with van der Waals surface area (Å²) in [4.78, 5) is 83.6. The number of rotatable bonds is 13. The van der Waals surface area contributed by atoms with E-state index in [2.05, 4.69) is 46.5 Å². The van der Waals surface area contributed by atoms with Gasteiger partial charge in [0.05, 0.1) is 33.6 Å². The van der Waals surface area contributed by atoms with Crippen molar-refractivity contribution in [2.45, 2.75) is 37.9 Å². The third kappa shape index (κ3) is 13.3. The van der Waals surface area contributed by atoms with Crippen molar-refractivity contribution in [2.24, 2.45) is 5.73 Å². The van der Waals surface area contributed by atoms with E-state index in [0.717, 1.165) is 24.9 Å². The van der Waals surface area contributed by atoms with Gasteiger partial charge in [-0.2, -0.15) is 9.97 Å². The maximum atomic E-state index is 13.9. The summed E-state index contributed by atoms with van der Waals surface area (Å²) in [5.41, 5.74) is 4.36. The van der Waals surface area contributed by atoms with Crippen molar-refractivity contribution in [1.82, 2.24) is 25.3 Å². The van der Waals surface area contributed by atoms with Crippen LogP contribution in [0.2, 0.25) is 10.6 Å². The topological polar surface area (TPSA) is 331 Å². The molecule has 0 bridgehead atoms. The molecule has 0 radical (unpaired) electrons. The van der Waals surface area contributed by atoms with Gasteiger partial charge in [-0.15, -0.1) is 12.4 Å². The molecule has 3 amide bonds. The van der Waals surface area contributed by atoms with Gasteiger partial charge in [0.1, 0.15) is 11.5 Å². The Labute approximate surface area is 421 Å². The molecule has 2 atom stereocenters. The van der Waals surface area contributed by atoms with E-state index in [1.807, 2.05) is 6.07 Å². The van der Waals surface area contributed by atoms with Gasteiger partial charge in [0.2, 0.25) is 10.6 Å². The summed E-state index contributed by atoms with van der Waals surface area (Å²) in [6.45, 7) is 3.13. The van der Waals surface area contributed by atoms with Crippen LogP contribution in [0.5, 0.6) is 11.5 Å². The molecule has 6 aromatic rings. The van der Waals surface area contributed by atoms with E-state index < -0.39 is 56.4 Å². The number of fused-ring (bicyclic) bond motifs is 2. The number of aliphatic carboxylic acids is 1. The Hall–Kier alpha value is -8.39. The van der Waals surface area contributed by atoms with Crippen molar-refractivity contribution in [1.29, 1.82) is 0 Å². The first-order chi connectivity index (χ1) is 33.7. The minimum Gasteiger partial charge on any atom is -0.478 e. The van der Waals surface area contributed by atoms with Crippen molar-refractivity contribution in [3.8, 4) is 11.5 Å². The van der Waals surface area contributed by atoms with Crippen LogP contribution in [0.1, 0.15) is 25.0 Å². The number of nitrogens with zero attached hydrogens (tertiary/aromatic N) is 6. The standard InChI is InChI=1S/C22H18ClFN6O5.C14H10ClFN4O4.C8H10N2O2.ClH/c1-22(19(31)25-8-7-12-3-2-4-14(9-12)30(33)34)20(32)28-16-10-13(5-6-17(16)35-22)27-18-15(24)11-26-21(23)29-18;1-14(12(22)23)11(21)19-8-4-6(2-3-9(8)24-14)18-10-7(16)5-17-13(15)20-10;9-5-4-7-2-1-3-8(6-7)10(11)12;/h2-6,9-11H,7-8H2,1H3,(H,25,31)(H,28,32)(H,26,27,29);2-5H,1H3,(H,19,21)(H,22,23)(H,17,18,20);1-3,6H,4-5,9H2;1H. The molecule has 2 aromatic heterocycles. The van der Waals surface area contributed by atoms with Crippen LogP contribution in [-0.2, 0) is 32.0 Å². The Bertz CT molecular complexity index is 3070. The number of anilines is 6. The third-order valence-electron chi connectivity index (χ3n) is 10.1. The van der Waals surface area contributed by atoms with Crippen LogP contribution in [0.3, 0.4) is 0 Å². The molecule has 4 aromatic carbocycles. The smallest absolute Gasteiger partial charge is 0.357 e. The number of carboxylic acids is 1. The van der Waals surface area contributed by atoms with Crippen molar-refractivity contribution >= 4 is 105 Å². The maximum Gasteiger partial charge on any atom is 0.357 e. The summed E-state index contributed by atoms with van der Waals surface area (Å²) < 4.78 is 38.6. The predicted molar refractivity (Wildman–Crippen MR) is 259 cm³/mol. The van der Waals surface area contributed by atoms with E-state index in [9.17, 15) is 48.2 Å². The van der Waals surface area contributed by atoms with Crippen LogP contribution >= 0.6 is 35.6 Å². The zero-order valence-corrected chi connectivity index (χ0v) is 39.6. The van der Waals surface area contributed by atoms with Gasteiger partial charge in [-0.1, -0.05) is 24.3 Å². The molecule has 2 aliphatic rings. The molecule has 8 rings (SSSR count). The van der Waals surface area contributed by atoms with Crippen molar-refractivity contribution < 1.29 is 52.4 Å². The number of nitrogens with two attached hydrogens (primary N) is 1. The quantitative estimate of drug-likeness (QED) is 0.0263. The number of hydrogen-bond donors (Lipinski definition) is 7. The molecule has 0 saturated heterocycles. The lowest BCUT2D eigenvalue weighted by molar-refractivity contribution is -0.385.